The molecular weight excluding hydrogens is 428 g/mol. The van der Waals surface area contributed by atoms with Crippen molar-refractivity contribution in [3.8, 4) is 0 Å². The highest BCUT2D eigenvalue weighted by Gasteiger charge is 2.69. The first-order chi connectivity index (χ1) is 16.3. The number of fused-ring (bicyclic) bond motifs is 10. The lowest BCUT2D eigenvalue weighted by Gasteiger charge is -2.35. The molecule has 4 amide bonds. The fourth-order valence-electron chi connectivity index (χ4n) is 8.51. The van der Waals surface area contributed by atoms with E-state index in [0.717, 1.165) is 38.5 Å². The Balaban J connectivity index is 1.29. The molecular formula is C28H32N2O4. The lowest BCUT2D eigenvalue weighted by molar-refractivity contribution is -0.156. The quantitative estimate of drug-likeness (QED) is 0.410. The van der Waals surface area contributed by atoms with Crippen LogP contribution in [0, 0.1) is 46.3 Å². The van der Waals surface area contributed by atoms with Gasteiger partial charge in [-0.1, -0.05) is 36.5 Å². The summed E-state index contributed by atoms with van der Waals surface area (Å²) in [5, 5.41) is 0. The number of hydrogen-bond donors (Lipinski definition) is 0. The van der Waals surface area contributed by atoms with Crippen molar-refractivity contribution < 1.29 is 19.2 Å². The molecule has 0 radical (unpaired) electrons. The highest BCUT2D eigenvalue weighted by atomic mass is 16.2. The van der Waals surface area contributed by atoms with Gasteiger partial charge in [-0.2, -0.15) is 0 Å². The Morgan fingerprint density at radius 3 is 1.62 bits per heavy atom. The Bertz CT molecular complexity index is 1010. The van der Waals surface area contributed by atoms with Gasteiger partial charge in [0.2, 0.25) is 23.6 Å². The second-order valence-corrected chi connectivity index (χ2v) is 11.3. The van der Waals surface area contributed by atoms with Crippen molar-refractivity contribution in [1.29, 1.82) is 0 Å². The third kappa shape index (κ3) is 2.47. The maximum Gasteiger partial charge on any atom is 0.235 e. The van der Waals surface area contributed by atoms with Crippen LogP contribution in [0.4, 0.5) is 0 Å². The van der Waals surface area contributed by atoms with E-state index in [1.807, 2.05) is 12.2 Å². The normalized spacial score (nSPS) is 43.9. The van der Waals surface area contributed by atoms with Gasteiger partial charge in [0.25, 0.3) is 0 Å². The minimum Gasteiger partial charge on any atom is -0.274 e. The highest BCUT2D eigenvalue weighted by Crippen LogP contribution is 2.64. The molecule has 0 aromatic carbocycles. The van der Waals surface area contributed by atoms with Gasteiger partial charge in [0.15, 0.2) is 0 Å². The van der Waals surface area contributed by atoms with E-state index in [1.54, 1.807) is 6.92 Å². The van der Waals surface area contributed by atoms with Gasteiger partial charge in [0, 0.05) is 10.8 Å². The molecule has 4 bridgehead atoms. The number of imide groups is 2. The van der Waals surface area contributed by atoms with Gasteiger partial charge < -0.3 is 0 Å². The van der Waals surface area contributed by atoms with Crippen molar-refractivity contribution in [2.45, 2.75) is 51.6 Å². The average molecular weight is 461 g/mol. The number of hydrogen-bond acceptors (Lipinski definition) is 4. The molecule has 2 saturated heterocycles. The van der Waals surface area contributed by atoms with Gasteiger partial charge >= 0.3 is 0 Å². The van der Waals surface area contributed by atoms with Crippen LogP contribution in [0.1, 0.15) is 45.4 Å². The smallest absolute Gasteiger partial charge is 0.235 e. The summed E-state index contributed by atoms with van der Waals surface area (Å²) in [6.07, 6.45) is 16.1. The van der Waals surface area contributed by atoms with E-state index < -0.39 is 18.0 Å². The van der Waals surface area contributed by atoms with Crippen molar-refractivity contribution >= 4 is 23.6 Å². The SMILES string of the molecule is C=CCCC12C=CC(C1)C1C(=O)N(C(C)N3C(=O)C4C5C=CC(CCC=C)(C5)C4C3=O)C(=O)C12. The van der Waals surface area contributed by atoms with Gasteiger partial charge in [-0.05, 0) is 57.3 Å². The first kappa shape index (κ1) is 21.8. The number of allylic oxidation sites excluding steroid dienone is 6. The first-order valence-corrected chi connectivity index (χ1v) is 12.6. The molecule has 2 aliphatic heterocycles. The van der Waals surface area contributed by atoms with Crippen molar-refractivity contribution in [1.82, 2.24) is 9.80 Å². The Labute approximate surface area is 200 Å². The lowest BCUT2D eigenvalue weighted by atomic mass is 9.72. The van der Waals surface area contributed by atoms with E-state index in [1.165, 1.54) is 9.80 Å². The molecule has 4 aliphatic carbocycles. The topological polar surface area (TPSA) is 74.8 Å². The summed E-state index contributed by atoms with van der Waals surface area (Å²) in [4.78, 5) is 57.1. The van der Waals surface area contributed by atoms with Gasteiger partial charge in [0.05, 0.1) is 23.7 Å². The molecule has 0 aromatic rings. The van der Waals surface area contributed by atoms with Crippen molar-refractivity contribution in [2.24, 2.45) is 46.3 Å². The fraction of sp³-hybridized carbons (Fsp3) is 0.571. The van der Waals surface area contributed by atoms with Crippen LogP contribution >= 0.6 is 0 Å². The number of likely N-dealkylation sites (tertiary alicyclic amines) is 2. The third-order valence-corrected chi connectivity index (χ3v) is 9.89. The Morgan fingerprint density at radius 2 is 1.24 bits per heavy atom. The van der Waals surface area contributed by atoms with E-state index in [2.05, 4.69) is 37.5 Å². The molecule has 6 rings (SSSR count). The lowest BCUT2D eigenvalue weighted by Crippen LogP contribution is -2.53. The van der Waals surface area contributed by atoms with Crippen LogP contribution in [0.3, 0.4) is 0 Å². The molecule has 2 saturated carbocycles. The second-order valence-electron chi connectivity index (χ2n) is 11.3. The summed E-state index contributed by atoms with van der Waals surface area (Å²) >= 11 is 0. The molecule has 6 nitrogen and oxygen atoms in total. The average Bonchev–Trinajstić information content (AvgIpc) is 3.63. The van der Waals surface area contributed by atoms with E-state index in [0.29, 0.717) is 0 Å². The zero-order chi connectivity index (χ0) is 24.0. The maximum absolute atomic E-state index is 13.7. The van der Waals surface area contributed by atoms with Crippen LogP contribution in [0.25, 0.3) is 0 Å². The molecule has 0 aromatic heterocycles. The van der Waals surface area contributed by atoms with E-state index in [4.69, 9.17) is 0 Å². The number of rotatable bonds is 8. The van der Waals surface area contributed by atoms with E-state index in [-0.39, 0.29) is 58.1 Å². The highest BCUT2D eigenvalue weighted by molar-refractivity contribution is 6.10. The summed E-state index contributed by atoms with van der Waals surface area (Å²) in [5.74, 6) is -2.36. The number of amides is 4. The molecule has 2 heterocycles. The van der Waals surface area contributed by atoms with Gasteiger partial charge in [-0.3, -0.25) is 29.0 Å². The molecule has 4 fully saturated rings. The predicted octanol–water partition coefficient (Wildman–Crippen LogP) is 3.62. The van der Waals surface area contributed by atoms with Crippen LogP contribution in [-0.4, -0.2) is 39.6 Å². The molecule has 8 atom stereocenters. The van der Waals surface area contributed by atoms with Gasteiger partial charge in [0.1, 0.15) is 6.17 Å². The standard InChI is InChI=1S/C28H32N2O4/c1-4-6-10-27-12-8-17(14-27)19-21(27)25(33)29(23(19)31)16(3)30-24(32)20-18-9-13-28(15-18,11-7-5-2)22(20)26(30)34/h4-5,8-9,12-13,16-22H,1-2,6-7,10-11,14-15H2,3H3. The molecule has 6 heteroatoms. The van der Waals surface area contributed by atoms with Crippen LogP contribution in [-0.2, 0) is 19.2 Å². The van der Waals surface area contributed by atoms with Crippen molar-refractivity contribution in [2.75, 3.05) is 0 Å². The zero-order valence-electron chi connectivity index (χ0n) is 19.7. The fourth-order valence-corrected chi connectivity index (χ4v) is 8.51. The first-order valence-electron chi connectivity index (χ1n) is 12.6. The minimum absolute atomic E-state index is 0.0510. The van der Waals surface area contributed by atoms with E-state index in [9.17, 15) is 19.2 Å². The van der Waals surface area contributed by atoms with Crippen LogP contribution < -0.4 is 0 Å². The molecule has 8 unspecified atom stereocenters. The van der Waals surface area contributed by atoms with Gasteiger partial charge in [-0.15, -0.1) is 13.2 Å². The maximum atomic E-state index is 13.7. The molecule has 34 heavy (non-hydrogen) atoms. The Kier molecular flexibility index (Phi) is 4.56. The zero-order valence-corrected chi connectivity index (χ0v) is 19.7. The van der Waals surface area contributed by atoms with Crippen LogP contribution in [0.2, 0.25) is 0 Å². The largest absolute Gasteiger partial charge is 0.274 e. The van der Waals surface area contributed by atoms with Crippen molar-refractivity contribution in [3.63, 3.8) is 0 Å². The third-order valence-electron chi connectivity index (χ3n) is 9.89. The molecule has 0 N–H and O–H groups in total. The summed E-state index contributed by atoms with van der Waals surface area (Å²) in [7, 11) is 0. The molecule has 178 valence electrons. The second kappa shape index (κ2) is 7.12. The van der Waals surface area contributed by atoms with E-state index >= 15 is 0 Å². The summed E-state index contributed by atoms with van der Waals surface area (Å²) < 4.78 is 0. The Hall–Kier alpha value is -2.76. The molecule has 0 spiro atoms. The van der Waals surface area contributed by atoms with Gasteiger partial charge in [-0.25, -0.2) is 0 Å². The minimum atomic E-state index is -0.886. The summed E-state index contributed by atoms with van der Waals surface area (Å²) in [5.41, 5.74) is -0.643. The van der Waals surface area contributed by atoms with Crippen molar-refractivity contribution in [3.05, 3.63) is 49.6 Å². The Morgan fingerprint density at radius 1 is 0.824 bits per heavy atom. The van der Waals surface area contributed by atoms with Crippen LogP contribution in [0.15, 0.2) is 49.6 Å². The number of nitrogens with zero attached hydrogens (tertiary/aromatic N) is 2. The summed E-state index contributed by atoms with van der Waals surface area (Å²) in [6.45, 7) is 9.32. The monoisotopic (exact) mass is 460 g/mol. The predicted molar refractivity (Wildman–Crippen MR) is 125 cm³/mol. The number of carbonyl (C=O) groups excluding carboxylic acids is 4. The van der Waals surface area contributed by atoms with Crippen LogP contribution in [0.5, 0.6) is 0 Å². The molecule has 6 aliphatic rings. The number of carbonyl (C=O) groups is 4. The summed E-state index contributed by atoms with van der Waals surface area (Å²) in [6, 6.07) is 0.